The first kappa shape index (κ1) is 9.53. The standard InChI is InChI=1S/C11H12N4/c1-3-9(4-2)14-11-10-5-6-13-15(10)8-7-12-11/h1,5-9H,4H2,2H3,(H,12,14). The van der Waals surface area contributed by atoms with Gasteiger partial charge in [0.1, 0.15) is 5.52 Å². The van der Waals surface area contributed by atoms with Gasteiger partial charge in [-0.1, -0.05) is 12.8 Å². The van der Waals surface area contributed by atoms with Gasteiger partial charge >= 0.3 is 0 Å². The maximum absolute atomic E-state index is 5.39. The van der Waals surface area contributed by atoms with Crippen LogP contribution in [0.25, 0.3) is 5.52 Å². The lowest BCUT2D eigenvalue weighted by Crippen LogP contribution is -2.17. The zero-order valence-electron chi connectivity index (χ0n) is 8.51. The first-order valence-corrected chi connectivity index (χ1v) is 4.86. The minimum atomic E-state index is 0.0126. The van der Waals surface area contributed by atoms with Gasteiger partial charge < -0.3 is 5.32 Å². The normalized spacial score (nSPS) is 12.3. The van der Waals surface area contributed by atoms with Crippen molar-refractivity contribution < 1.29 is 0 Å². The second-order valence-corrected chi connectivity index (χ2v) is 3.21. The molecule has 2 aromatic rings. The molecule has 2 aromatic heterocycles. The Morgan fingerprint density at radius 3 is 3.20 bits per heavy atom. The molecular weight excluding hydrogens is 188 g/mol. The van der Waals surface area contributed by atoms with Gasteiger partial charge in [-0.15, -0.1) is 6.42 Å². The predicted molar refractivity (Wildman–Crippen MR) is 59.5 cm³/mol. The van der Waals surface area contributed by atoms with Gasteiger partial charge in [0, 0.05) is 12.4 Å². The molecule has 0 aromatic carbocycles. The Bertz CT molecular complexity index is 495. The van der Waals surface area contributed by atoms with E-state index < -0.39 is 0 Å². The lowest BCUT2D eigenvalue weighted by atomic mass is 10.2. The van der Waals surface area contributed by atoms with E-state index in [-0.39, 0.29) is 6.04 Å². The summed E-state index contributed by atoms with van der Waals surface area (Å²) in [6.07, 6.45) is 11.5. The van der Waals surface area contributed by atoms with Crippen LogP contribution in [0.5, 0.6) is 0 Å². The highest BCUT2D eigenvalue weighted by atomic mass is 15.2. The van der Waals surface area contributed by atoms with Crippen molar-refractivity contribution in [2.75, 3.05) is 5.32 Å². The van der Waals surface area contributed by atoms with Gasteiger partial charge in [0.2, 0.25) is 0 Å². The van der Waals surface area contributed by atoms with E-state index >= 15 is 0 Å². The summed E-state index contributed by atoms with van der Waals surface area (Å²) in [5.74, 6) is 3.45. The maximum atomic E-state index is 5.39. The Hall–Kier alpha value is -2.02. The van der Waals surface area contributed by atoms with Crippen molar-refractivity contribution in [1.82, 2.24) is 14.6 Å². The molecule has 1 unspecified atom stereocenters. The van der Waals surface area contributed by atoms with Crippen molar-refractivity contribution >= 4 is 11.3 Å². The highest BCUT2D eigenvalue weighted by Crippen LogP contribution is 2.13. The van der Waals surface area contributed by atoms with Crippen LogP contribution < -0.4 is 5.32 Å². The predicted octanol–water partition coefficient (Wildman–Crippen LogP) is 1.55. The molecule has 0 amide bonds. The number of terminal acetylenes is 1. The van der Waals surface area contributed by atoms with Crippen LogP contribution in [0, 0.1) is 12.3 Å². The monoisotopic (exact) mass is 200 g/mol. The van der Waals surface area contributed by atoms with Crippen molar-refractivity contribution in [2.45, 2.75) is 19.4 Å². The third-order valence-electron chi connectivity index (χ3n) is 2.24. The highest BCUT2D eigenvalue weighted by molar-refractivity contribution is 5.67. The third kappa shape index (κ3) is 1.77. The number of hydrogen-bond donors (Lipinski definition) is 1. The Labute approximate surface area is 88.3 Å². The molecule has 0 radical (unpaired) electrons. The van der Waals surface area contributed by atoms with Gasteiger partial charge in [-0.2, -0.15) is 5.10 Å². The van der Waals surface area contributed by atoms with Crippen molar-refractivity contribution in [3.63, 3.8) is 0 Å². The number of rotatable bonds is 3. The van der Waals surface area contributed by atoms with Crippen LogP contribution in [0.15, 0.2) is 24.7 Å². The molecule has 2 rings (SSSR count). The molecule has 76 valence electrons. The van der Waals surface area contributed by atoms with Crippen LogP contribution in [0.2, 0.25) is 0 Å². The fourth-order valence-electron chi connectivity index (χ4n) is 1.40. The lowest BCUT2D eigenvalue weighted by Gasteiger charge is -2.11. The number of nitrogens with one attached hydrogen (secondary N) is 1. The number of fused-ring (bicyclic) bond motifs is 1. The highest BCUT2D eigenvalue weighted by Gasteiger charge is 2.06. The first-order valence-electron chi connectivity index (χ1n) is 4.86. The van der Waals surface area contributed by atoms with E-state index in [9.17, 15) is 0 Å². The van der Waals surface area contributed by atoms with Crippen molar-refractivity contribution in [1.29, 1.82) is 0 Å². The topological polar surface area (TPSA) is 42.2 Å². The second kappa shape index (κ2) is 4.01. The average Bonchev–Trinajstić information content (AvgIpc) is 2.74. The fraction of sp³-hybridized carbons (Fsp3) is 0.273. The van der Waals surface area contributed by atoms with Gasteiger partial charge in [-0.25, -0.2) is 9.50 Å². The molecule has 15 heavy (non-hydrogen) atoms. The number of anilines is 1. The zero-order chi connectivity index (χ0) is 10.7. The molecule has 0 bridgehead atoms. The summed E-state index contributed by atoms with van der Waals surface area (Å²) in [6, 6.07) is 1.91. The smallest absolute Gasteiger partial charge is 0.153 e. The molecule has 0 saturated heterocycles. The van der Waals surface area contributed by atoms with E-state index in [0.29, 0.717) is 0 Å². The first-order chi connectivity index (χ1) is 7.35. The van der Waals surface area contributed by atoms with Crippen LogP contribution in [-0.4, -0.2) is 20.6 Å². The van der Waals surface area contributed by atoms with Crippen LogP contribution in [-0.2, 0) is 0 Å². The molecule has 0 saturated carbocycles. The molecule has 0 aliphatic rings. The van der Waals surface area contributed by atoms with E-state index in [1.165, 1.54) is 0 Å². The summed E-state index contributed by atoms with van der Waals surface area (Å²) < 4.78 is 1.76. The molecular formula is C11H12N4. The molecule has 4 heteroatoms. The summed E-state index contributed by atoms with van der Waals surface area (Å²) in [4.78, 5) is 4.25. The molecule has 0 fully saturated rings. The molecule has 1 N–H and O–H groups in total. The molecule has 0 spiro atoms. The van der Waals surface area contributed by atoms with Gasteiger partial charge in [-0.3, -0.25) is 0 Å². The summed E-state index contributed by atoms with van der Waals surface area (Å²) in [5.41, 5.74) is 0.936. The molecule has 0 aliphatic heterocycles. The van der Waals surface area contributed by atoms with E-state index in [1.807, 2.05) is 13.0 Å². The van der Waals surface area contributed by atoms with Gasteiger partial charge in [0.15, 0.2) is 5.82 Å². The zero-order valence-corrected chi connectivity index (χ0v) is 8.51. The van der Waals surface area contributed by atoms with Crippen LogP contribution in [0.1, 0.15) is 13.3 Å². The largest absolute Gasteiger partial charge is 0.355 e. The maximum Gasteiger partial charge on any atom is 0.153 e. The van der Waals surface area contributed by atoms with Crippen LogP contribution >= 0.6 is 0 Å². The second-order valence-electron chi connectivity index (χ2n) is 3.21. The molecule has 2 heterocycles. The fourth-order valence-corrected chi connectivity index (χ4v) is 1.40. The van der Waals surface area contributed by atoms with Crippen LogP contribution in [0.4, 0.5) is 5.82 Å². The Morgan fingerprint density at radius 1 is 1.60 bits per heavy atom. The summed E-state index contributed by atoms with van der Waals surface area (Å²) in [7, 11) is 0. The van der Waals surface area contributed by atoms with E-state index in [0.717, 1.165) is 17.8 Å². The Balaban J connectivity index is 2.35. The number of aromatic nitrogens is 3. The van der Waals surface area contributed by atoms with Gasteiger partial charge in [-0.05, 0) is 12.5 Å². The van der Waals surface area contributed by atoms with Crippen molar-refractivity contribution in [3.05, 3.63) is 24.7 Å². The Kier molecular flexibility index (Phi) is 2.55. The SMILES string of the molecule is C#CC(CC)Nc1nccn2nccc12. The summed E-state index contributed by atoms with van der Waals surface area (Å²) in [5, 5.41) is 7.32. The van der Waals surface area contributed by atoms with E-state index in [2.05, 4.69) is 21.3 Å². The van der Waals surface area contributed by atoms with E-state index in [1.54, 1.807) is 23.1 Å². The van der Waals surface area contributed by atoms with Crippen LogP contribution in [0.3, 0.4) is 0 Å². The van der Waals surface area contributed by atoms with Crippen molar-refractivity contribution in [3.8, 4) is 12.3 Å². The van der Waals surface area contributed by atoms with Crippen molar-refractivity contribution in [2.24, 2.45) is 0 Å². The van der Waals surface area contributed by atoms with E-state index in [4.69, 9.17) is 6.42 Å². The number of hydrogen-bond acceptors (Lipinski definition) is 3. The lowest BCUT2D eigenvalue weighted by molar-refractivity contribution is 0.847. The summed E-state index contributed by atoms with van der Waals surface area (Å²) >= 11 is 0. The molecule has 0 aliphatic carbocycles. The minimum Gasteiger partial charge on any atom is -0.355 e. The summed E-state index contributed by atoms with van der Waals surface area (Å²) in [6.45, 7) is 2.04. The number of nitrogens with zero attached hydrogens (tertiary/aromatic N) is 3. The molecule has 4 nitrogen and oxygen atoms in total. The molecule has 1 atom stereocenters. The van der Waals surface area contributed by atoms with Gasteiger partial charge in [0.05, 0.1) is 12.2 Å². The average molecular weight is 200 g/mol. The Morgan fingerprint density at radius 2 is 2.47 bits per heavy atom. The third-order valence-corrected chi connectivity index (χ3v) is 2.24. The quantitative estimate of drug-likeness (QED) is 0.764. The minimum absolute atomic E-state index is 0.0126. The van der Waals surface area contributed by atoms with Gasteiger partial charge in [0.25, 0.3) is 0 Å².